The van der Waals surface area contributed by atoms with Crippen molar-refractivity contribution in [3.05, 3.63) is 29.8 Å². The Kier molecular flexibility index (Phi) is 4.36. The van der Waals surface area contributed by atoms with Crippen LogP contribution in [-0.2, 0) is 9.53 Å². The highest BCUT2D eigenvalue weighted by Gasteiger charge is 2.42. The van der Waals surface area contributed by atoms with Crippen LogP contribution in [0.15, 0.2) is 24.3 Å². The summed E-state index contributed by atoms with van der Waals surface area (Å²) in [6, 6.07) is 9.11. The molecule has 1 aromatic rings. The van der Waals surface area contributed by atoms with Crippen molar-refractivity contribution in [1.29, 1.82) is 5.26 Å². The highest BCUT2D eigenvalue weighted by Crippen LogP contribution is 2.26. The number of anilines is 1. The SMILES string of the molecule is N#Cc1ccccc1N1CCC(OC(=O)C(F)(F)F)CC1. The van der Waals surface area contributed by atoms with Crippen LogP contribution in [0.4, 0.5) is 18.9 Å². The number of carbonyl (C=O) groups excluding carboxylic acids is 1. The zero-order valence-electron chi connectivity index (χ0n) is 11.1. The van der Waals surface area contributed by atoms with E-state index in [1.807, 2.05) is 4.90 Å². The lowest BCUT2D eigenvalue weighted by Gasteiger charge is -2.33. The molecule has 0 radical (unpaired) electrons. The number of nitrogens with zero attached hydrogens (tertiary/aromatic N) is 2. The molecule has 0 amide bonds. The second-order valence-corrected chi connectivity index (χ2v) is 4.72. The Labute approximate surface area is 119 Å². The van der Waals surface area contributed by atoms with Gasteiger partial charge in [0.25, 0.3) is 0 Å². The number of carbonyl (C=O) groups is 1. The van der Waals surface area contributed by atoms with Gasteiger partial charge in [-0.25, -0.2) is 4.79 Å². The summed E-state index contributed by atoms with van der Waals surface area (Å²) in [5.41, 5.74) is 1.27. The molecule has 0 bridgehead atoms. The molecule has 21 heavy (non-hydrogen) atoms. The number of ether oxygens (including phenoxy) is 1. The molecule has 1 fully saturated rings. The van der Waals surface area contributed by atoms with E-state index in [2.05, 4.69) is 10.8 Å². The molecule has 1 aromatic carbocycles. The first-order valence-corrected chi connectivity index (χ1v) is 6.43. The summed E-state index contributed by atoms with van der Waals surface area (Å²) in [5.74, 6) is -2.14. The lowest BCUT2D eigenvalue weighted by Crippen LogP contribution is -2.40. The molecule has 2 rings (SSSR count). The standard InChI is InChI=1S/C14H13F3N2O2/c15-14(16,17)13(20)21-11-5-7-19(8-6-11)12-4-2-1-3-10(12)9-18/h1-4,11H,5-8H2. The lowest BCUT2D eigenvalue weighted by atomic mass is 10.1. The van der Waals surface area contributed by atoms with Gasteiger partial charge in [-0.05, 0) is 12.1 Å². The van der Waals surface area contributed by atoms with E-state index in [-0.39, 0.29) is 0 Å². The van der Waals surface area contributed by atoms with Gasteiger partial charge in [-0.1, -0.05) is 12.1 Å². The normalized spacial score (nSPS) is 16.4. The molecule has 7 heteroatoms. The maximum Gasteiger partial charge on any atom is 0.490 e. The van der Waals surface area contributed by atoms with Gasteiger partial charge >= 0.3 is 12.1 Å². The predicted molar refractivity (Wildman–Crippen MR) is 68.5 cm³/mol. The quantitative estimate of drug-likeness (QED) is 0.788. The molecule has 0 aromatic heterocycles. The summed E-state index contributed by atoms with van der Waals surface area (Å²) in [5, 5.41) is 9.04. The second kappa shape index (κ2) is 6.04. The third-order valence-corrected chi connectivity index (χ3v) is 3.31. The number of hydrogen-bond donors (Lipinski definition) is 0. The molecule has 1 saturated heterocycles. The Morgan fingerprint density at radius 1 is 1.29 bits per heavy atom. The molecule has 0 unspecified atom stereocenters. The number of para-hydroxylation sites is 1. The molecule has 1 heterocycles. The smallest absolute Gasteiger partial charge is 0.456 e. The minimum atomic E-state index is -4.95. The first kappa shape index (κ1) is 15.2. The van der Waals surface area contributed by atoms with Gasteiger partial charge in [0.15, 0.2) is 0 Å². The van der Waals surface area contributed by atoms with Crippen LogP contribution in [0.3, 0.4) is 0 Å². The fraction of sp³-hybridized carbons (Fsp3) is 0.429. The van der Waals surface area contributed by atoms with Gasteiger partial charge < -0.3 is 9.64 Å². The summed E-state index contributed by atoms with van der Waals surface area (Å²) in [7, 11) is 0. The molecular weight excluding hydrogens is 285 g/mol. The highest BCUT2D eigenvalue weighted by molar-refractivity contribution is 5.75. The van der Waals surface area contributed by atoms with Gasteiger partial charge in [0.2, 0.25) is 0 Å². The molecule has 1 aliphatic heterocycles. The number of piperidine rings is 1. The maximum absolute atomic E-state index is 12.1. The zero-order valence-corrected chi connectivity index (χ0v) is 11.1. The number of nitriles is 1. The van der Waals surface area contributed by atoms with E-state index in [9.17, 15) is 18.0 Å². The van der Waals surface area contributed by atoms with Crippen molar-refractivity contribution in [1.82, 2.24) is 0 Å². The summed E-state index contributed by atoms with van der Waals surface area (Å²) >= 11 is 0. The zero-order chi connectivity index (χ0) is 15.5. The Morgan fingerprint density at radius 3 is 2.48 bits per heavy atom. The Hall–Kier alpha value is -2.23. The van der Waals surface area contributed by atoms with E-state index < -0.39 is 18.2 Å². The second-order valence-electron chi connectivity index (χ2n) is 4.72. The number of benzene rings is 1. The van der Waals surface area contributed by atoms with Crippen LogP contribution in [0.5, 0.6) is 0 Å². The van der Waals surface area contributed by atoms with Crippen molar-refractivity contribution < 1.29 is 22.7 Å². The average molecular weight is 298 g/mol. The number of hydrogen-bond acceptors (Lipinski definition) is 4. The Bertz CT molecular complexity index is 558. The van der Waals surface area contributed by atoms with Crippen LogP contribution in [0.2, 0.25) is 0 Å². The molecule has 0 aliphatic carbocycles. The van der Waals surface area contributed by atoms with Crippen molar-refractivity contribution in [3.63, 3.8) is 0 Å². The van der Waals surface area contributed by atoms with Gasteiger partial charge in [0.1, 0.15) is 12.2 Å². The van der Waals surface area contributed by atoms with Gasteiger partial charge in [-0.3, -0.25) is 0 Å². The van der Waals surface area contributed by atoms with E-state index >= 15 is 0 Å². The first-order chi connectivity index (χ1) is 9.91. The van der Waals surface area contributed by atoms with Crippen molar-refractivity contribution in [3.8, 4) is 6.07 Å². The van der Waals surface area contributed by atoms with Crippen LogP contribution in [-0.4, -0.2) is 31.3 Å². The molecule has 0 N–H and O–H groups in total. The molecular formula is C14H13F3N2O2. The largest absolute Gasteiger partial charge is 0.490 e. The summed E-state index contributed by atoms with van der Waals surface area (Å²) in [6.07, 6.45) is -5.07. The van der Waals surface area contributed by atoms with Crippen LogP contribution in [0, 0.1) is 11.3 Å². The third-order valence-electron chi connectivity index (χ3n) is 3.31. The van der Waals surface area contributed by atoms with Gasteiger partial charge in [-0.15, -0.1) is 0 Å². The molecule has 4 nitrogen and oxygen atoms in total. The fourth-order valence-corrected chi connectivity index (χ4v) is 2.28. The molecule has 0 saturated carbocycles. The van der Waals surface area contributed by atoms with Gasteiger partial charge in [0, 0.05) is 25.9 Å². The van der Waals surface area contributed by atoms with Crippen molar-refractivity contribution in [2.24, 2.45) is 0 Å². The van der Waals surface area contributed by atoms with E-state index in [1.54, 1.807) is 24.3 Å². The summed E-state index contributed by atoms with van der Waals surface area (Å²) in [4.78, 5) is 12.7. The predicted octanol–water partition coefficient (Wildman–Crippen LogP) is 2.63. The van der Waals surface area contributed by atoms with E-state index in [0.717, 1.165) is 5.69 Å². The minimum Gasteiger partial charge on any atom is -0.456 e. The fourth-order valence-electron chi connectivity index (χ4n) is 2.28. The number of rotatable bonds is 2. The van der Waals surface area contributed by atoms with Crippen LogP contribution in [0.25, 0.3) is 0 Å². The lowest BCUT2D eigenvalue weighted by molar-refractivity contribution is -0.205. The third kappa shape index (κ3) is 3.66. The molecule has 112 valence electrons. The average Bonchev–Trinajstić information content (AvgIpc) is 2.47. The number of alkyl halides is 3. The van der Waals surface area contributed by atoms with Crippen LogP contribution >= 0.6 is 0 Å². The van der Waals surface area contributed by atoms with E-state index in [0.29, 0.717) is 31.5 Å². The van der Waals surface area contributed by atoms with Crippen molar-refractivity contribution in [2.45, 2.75) is 25.1 Å². The highest BCUT2D eigenvalue weighted by atomic mass is 19.4. The van der Waals surface area contributed by atoms with E-state index in [1.165, 1.54) is 0 Å². The minimum absolute atomic E-state index is 0.307. The summed E-state index contributed by atoms with van der Waals surface area (Å²) < 4.78 is 40.8. The first-order valence-electron chi connectivity index (χ1n) is 6.43. The molecule has 0 atom stereocenters. The number of esters is 1. The Morgan fingerprint density at radius 2 is 1.90 bits per heavy atom. The van der Waals surface area contributed by atoms with Crippen molar-refractivity contribution in [2.75, 3.05) is 18.0 Å². The van der Waals surface area contributed by atoms with Crippen LogP contribution in [0.1, 0.15) is 18.4 Å². The maximum atomic E-state index is 12.1. The van der Waals surface area contributed by atoms with E-state index in [4.69, 9.17) is 5.26 Å². The monoisotopic (exact) mass is 298 g/mol. The van der Waals surface area contributed by atoms with Crippen LogP contribution < -0.4 is 4.90 Å². The Balaban J connectivity index is 1.95. The molecule has 0 spiro atoms. The van der Waals surface area contributed by atoms with Crippen molar-refractivity contribution >= 4 is 11.7 Å². The molecule has 1 aliphatic rings. The van der Waals surface area contributed by atoms with Gasteiger partial charge in [-0.2, -0.15) is 18.4 Å². The van der Waals surface area contributed by atoms with Gasteiger partial charge in [0.05, 0.1) is 11.3 Å². The topological polar surface area (TPSA) is 53.3 Å². The number of halogens is 3. The summed E-state index contributed by atoms with van der Waals surface area (Å²) in [6.45, 7) is 0.878.